The van der Waals surface area contributed by atoms with Crippen LogP contribution in [0, 0.1) is 6.92 Å². The molecular weight excluding hydrogens is 432 g/mol. The second-order valence-corrected chi connectivity index (χ2v) is 8.86. The van der Waals surface area contributed by atoms with Crippen molar-refractivity contribution in [2.24, 2.45) is 7.05 Å². The van der Waals surface area contributed by atoms with E-state index in [1.807, 2.05) is 26.1 Å². The van der Waals surface area contributed by atoms with Crippen molar-refractivity contribution < 1.29 is 5.11 Å². The summed E-state index contributed by atoms with van der Waals surface area (Å²) in [6.07, 6.45) is 8.00. The highest BCUT2D eigenvalue weighted by molar-refractivity contribution is 5.96. The molecule has 1 aliphatic rings. The van der Waals surface area contributed by atoms with Crippen molar-refractivity contribution in [2.75, 3.05) is 11.1 Å². The zero-order valence-corrected chi connectivity index (χ0v) is 19.5. The van der Waals surface area contributed by atoms with Crippen LogP contribution in [0.3, 0.4) is 0 Å². The number of aromatic nitrogens is 6. The summed E-state index contributed by atoms with van der Waals surface area (Å²) in [5.74, 6) is 1.02. The van der Waals surface area contributed by atoms with Crippen LogP contribution in [-0.2, 0) is 13.5 Å². The predicted molar refractivity (Wildman–Crippen MR) is 131 cm³/mol. The van der Waals surface area contributed by atoms with E-state index in [1.54, 1.807) is 34.8 Å². The fourth-order valence-electron chi connectivity index (χ4n) is 4.43. The summed E-state index contributed by atoms with van der Waals surface area (Å²) in [5.41, 5.74) is 11.1. The number of pyridine rings is 2. The molecule has 0 unspecified atom stereocenters. The summed E-state index contributed by atoms with van der Waals surface area (Å²) in [4.78, 5) is 26.3. The molecule has 1 saturated carbocycles. The average molecular weight is 461 g/mol. The summed E-state index contributed by atoms with van der Waals surface area (Å²) >= 11 is 0. The molecule has 4 aromatic heterocycles. The molecule has 10 nitrogen and oxygen atoms in total. The summed E-state index contributed by atoms with van der Waals surface area (Å²) in [6, 6.07) is 3.61. The van der Waals surface area contributed by atoms with E-state index in [0.29, 0.717) is 41.2 Å². The van der Waals surface area contributed by atoms with E-state index in [9.17, 15) is 9.90 Å². The molecule has 5 rings (SSSR count). The molecule has 0 bridgehead atoms. The van der Waals surface area contributed by atoms with Gasteiger partial charge in [-0.2, -0.15) is 5.10 Å². The van der Waals surface area contributed by atoms with Crippen LogP contribution in [0.4, 0.5) is 11.6 Å². The molecule has 1 fully saturated rings. The third kappa shape index (κ3) is 3.90. The van der Waals surface area contributed by atoms with Gasteiger partial charge in [0.1, 0.15) is 16.9 Å². The van der Waals surface area contributed by atoms with E-state index in [-0.39, 0.29) is 17.7 Å². The second-order valence-electron chi connectivity index (χ2n) is 8.86. The van der Waals surface area contributed by atoms with Gasteiger partial charge in [0, 0.05) is 48.4 Å². The molecule has 4 N–H and O–H groups in total. The quantitative estimate of drug-likeness (QED) is 0.413. The lowest BCUT2D eigenvalue weighted by atomic mass is 10.1. The van der Waals surface area contributed by atoms with E-state index in [1.165, 1.54) is 0 Å². The topological polar surface area (TPSA) is 137 Å². The number of hydrogen-bond acceptors (Lipinski definition) is 8. The van der Waals surface area contributed by atoms with Crippen molar-refractivity contribution in [1.82, 2.24) is 29.3 Å². The first-order chi connectivity index (χ1) is 16.3. The maximum Gasteiger partial charge on any atom is 0.252 e. The minimum Gasteiger partial charge on any atom is -0.393 e. The number of rotatable bonds is 5. The Morgan fingerprint density at radius 2 is 2.03 bits per heavy atom. The first kappa shape index (κ1) is 22.0. The van der Waals surface area contributed by atoms with Gasteiger partial charge in [-0.05, 0) is 38.7 Å². The number of anilines is 2. The highest BCUT2D eigenvalue weighted by Crippen LogP contribution is 2.32. The summed E-state index contributed by atoms with van der Waals surface area (Å²) < 4.78 is 3.25. The standard InChI is InChI=1S/C24H28N8O2/c1-4-19-24(28-15-5-6-17(33)8-15)30-21-18(11-26-23(25)22(21)29-19)14-10-27-32(12-14)16-7-13(2)31(3)20(34)9-16/h7,9-12,15,17,33H,4-6,8H2,1-3H3,(H2,25,26)(H,28,30)/t15-,17+/m1/s1. The van der Waals surface area contributed by atoms with Crippen molar-refractivity contribution in [1.29, 1.82) is 0 Å². The van der Waals surface area contributed by atoms with Gasteiger partial charge in [0.25, 0.3) is 5.56 Å². The molecule has 176 valence electrons. The summed E-state index contributed by atoms with van der Waals surface area (Å²) in [6.45, 7) is 3.90. The Morgan fingerprint density at radius 1 is 1.21 bits per heavy atom. The zero-order valence-electron chi connectivity index (χ0n) is 19.5. The van der Waals surface area contributed by atoms with E-state index in [0.717, 1.165) is 35.4 Å². The number of nitrogens with two attached hydrogens (primary N) is 1. The summed E-state index contributed by atoms with van der Waals surface area (Å²) in [5, 5.41) is 17.9. The molecule has 0 saturated heterocycles. The number of nitrogens with one attached hydrogen (secondary N) is 1. The second kappa shape index (κ2) is 8.53. The van der Waals surface area contributed by atoms with Crippen molar-refractivity contribution >= 4 is 22.7 Å². The van der Waals surface area contributed by atoms with Crippen molar-refractivity contribution in [3.05, 3.63) is 52.5 Å². The van der Waals surface area contributed by atoms with Gasteiger partial charge in [0.15, 0.2) is 5.82 Å². The third-order valence-corrected chi connectivity index (χ3v) is 6.53. The largest absolute Gasteiger partial charge is 0.393 e. The van der Waals surface area contributed by atoms with Crippen LogP contribution in [-0.4, -0.2) is 46.6 Å². The Labute approximate surface area is 196 Å². The number of nitrogens with zero attached hydrogens (tertiary/aromatic N) is 6. The highest BCUT2D eigenvalue weighted by atomic mass is 16.3. The Bertz CT molecular complexity index is 1440. The van der Waals surface area contributed by atoms with Crippen LogP contribution in [0.15, 0.2) is 35.5 Å². The molecule has 4 aromatic rings. The molecule has 0 aromatic carbocycles. The SMILES string of the molecule is CCc1nc2c(N)ncc(-c3cnn(-c4cc(C)n(C)c(=O)c4)c3)c2nc1N[C@@H]1CC[C@H](O)C1. The molecule has 34 heavy (non-hydrogen) atoms. The van der Waals surface area contributed by atoms with Crippen LogP contribution in [0.2, 0.25) is 0 Å². The fraction of sp³-hybridized carbons (Fsp3) is 0.375. The zero-order chi connectivity index (χ0) is 24.0. The van der Waals surface area contributed by atoms with Crippen molar-refractivity contribution in [3.8, 4) is 16.8 Å². The normalized spacial score (nSPS) is 18.0. The fourth-order valence-corrected chi connectivity index (χ4v) is 4.43. The first-order valence-electron chi connectivity index (χ1n) is 11.5. The highest BCUT2D eigenvalue weighted by Gasteiger charge is 2.24. The lowest BCUT2D eigenvalue weighted by molar-refractivity contribution is 0.182. The van der Waals surface area contributed by atoms with Gasteiger partial charge in [-0.25, -0.2) is 19.6 Å². The molecule has 0 amide bonds. The smallest absolute Gasteiger partial charge is 0.252 e. The molecule has 0 spiro atoms. The molecule has 10 heteroatoms. The van der Waals surface area contributed by atoms with Gasteiger partial charge < -0.3 is 20.7 Å². The van der Waals surface area contributed by atoms with E-state index in [2.05, 4.69) is 15.4 Å². The Kier molecular flexibility index (Phi) is 5.52. The molecular formula is C24H28N8O2. The Balaban J connectivity index is 1.59. The van der Waals surface area contributed by atoms with Crippen LogP contribution in [0.25, 0.3) is 27.8 Å². The van der Waals surface area contributed by atoms with Crippen LogP contribution >= 0.6 is 0 Å². The molecule has 0 radical (unpaired) electrons. The maximum absolute atomic E-state index is 12.2. The minimum absolute atomic E-state index is 0.0997. The summed E-state index contributed by atoms with van der Waals surface area (Å²) in [7, 11) is 1.74. The van der Waals surface area contributed by atoms with E-state index >= 15 is 0 Å². The third-order valence-electron chi connectivity index (χ3n) is 6.53. The van der Waals surface area contributed by atoms with Gasteiger partial charge in [0.2, 0.25) is 0 Å². The Morgan fingerprint density at radius 3 is 2.74 bits per heavy atom. The number of nitrogen functional groups attached to an aromatic ring is 1. The average Bonchev–Trinajstić information content (AvgIpc) is 3.46. The number of hydrogen-bond donors (Lipinski definition) is 3. The minimum atomic E-state index is -0.282. The molecule has 2 atom stereocenters. The first-order valence-corrected chi connectivity index (χ1v) is 11.5. The Hall–Kier alpha value is -3.79. The van der Waals surface area contributed by atoms with Gasteiger partial charge in [-0.15, -0.1) is 0 Å². The molecule has 0 aliphatic heterocycles. The predicted octanol–water partition coefficient (Wildman–Crippen LogP) is 2.35. The van der Waals surface area contributed by atoms with Crippen LogP contribution in [0.5, 0.6) is 0 Å². The van der Waals surface area contributed by atoms with Gasteiger partial charge in [-0.1, -0.05) is 6.92 Å². The van der Waals surface area contributed by atoms with Crippen LogP contribution in [0.1, 0.15) is 37.6 Å². The van der Waals surface area contributed by atoms with Gasteiger partial charge >= 0.3 is 0 Å². The number of aryl methyl sites for hydroxylation is 2. The van der Waals surface area contributed by atoms with Crippen molar-refractivity contribution in [3.63, 3.8) is 0 Å². The van der Waals surface area contributed by atoms with E-state index < -0.39 is 0 Å². The number of aliphatic hydroxyl groups is 1. The van der Waals surface area contributed by atoms with Gasteiger partial charge in [0.05, 0.1) is 23.7 Å². The lowest BCUT2D eigenvalue weighted by Gasteiger charge is -2.17. The molecule has 1 aliphatic carbocycles. The monoisotopic (exact) mass is 460 g/mol. The number of fused-ring (bicyclic) bond motifs is 1. The van der Waals surface area contributed by atoms with Crippen LogP contribution < -0.4 is 16.6 Å². The van der Waals surface area contributed by atoms with Crippen molar-refractivity contribution in [2.45, 2.75) is 51.7 Å². The maximum atomic E-state index is 12.2. The van der Waals surface area contributed by atoms with Gasteiger partial charge in [-0.3, -0.25) is 4.79 Å². The molecule has 4 heterocycles. The van der Waals surface area contributed by atoms with E-state index in [4.69, 9.17) is 15.7 Å². The number of aliphatic hydroxyl groups excluding tert-OH is 1. The lowest BCUT2D eigenvalue weighted by Crippen LogP contribution is -2.19.